The molecule has 0 atom stereocenters. The number of amides is 1. The first-order valence-electron chi connectivity index (χ1n) is 9.10. The van der Waals surface area contributed by atoms with Crippen LogP contribution < -0.4 is 15.0 Å². The highest BCUT2D eigenvalue weighted by Crippen LogP contribution is 2.26. The van der Waals surface area contributed by atoms with Crippen LogP contribution in [0.2, 0.25) is 0 Å². The first kappa shape index (κ1) is 21.5. The molecule has 1 amide bonds. The van der Waals surface area contributed by atoms with Gasteiger partial charge in [0.15, 0.2) is 0 Å². The number of fused-ring (bicyclic) bond motifs is 1. The first-order chi connectivity index (χ1) is 14.0. The molecule has 1 aromatic carbocycles. The van der Waals surface area contributed by atoms with Crippen molar-refractivity contribution in [2.45, 2.75) is 32.9 Å². The summed E-state index contributed by atoms with van der Waals surface area (Å²) in [6.45, 7) is 4.90. The molecule has 0 aliphatic carbocycles. The zero-order valence-corrected chi connectivity index (χ0v) is 17.5. The minimum Gasteiger partial charge on any atom is -0.443 e. The van der Waals surface area contributed by atoms with Crippen LogP contribution in [0.4, 0.5) is 4.79 Å². The fourth-order valence-electron chi connectivity index (χ4n) is 2.74. The molecule has 0 bridgehead atoms. The van der Waals surface area contributed by atoms with E-state index in [0.717, 1.165) is 16.5 Å². The number of hydrogen-bond acceptors (Lipinski definition) is 6. The molecule has 0 spiro atoms. The topological polar surface area (TPSA) is 130 Å². The lowest BCUT2D eigenvalue weighted by Gasteiger charge is -2.19. The van der Waals surface area contributed by atoms with Crippen LogP contribution in [-0.4, -0.2) is 30.1 Å². The molecule has 0 unspecified atom stereocenters. The summed E-state index contributed by atoms with van der Waals surface area (Å²) in [6, 6.07) is 12.2. The third-order valence-corrected chi connectivity index (χ3v) is 4.94. The van der Waals surface area contributed by atoms with E-state index in [0.29, 0.717) is 11.2 Å². The SMILES string of the molecule is CC(C)(C)OC(=O)NS(=O)(=O)NCc1ccc(-c2ccnc3[nH]c(=O)ccc23)cc1. The zero-order chi connectivity index (χ0) is 21.9. The maximum atomic E-state index is 12.0. The highest BCUT2D eigenvalue weighted by Gasteiger charge is 2.21. The third kappa shape index (κ3) is 5.65. The van der Waals surface area contributed by atoms with Gasteiger partial charge in [0.25, 0.3) is 0 Å². The number of pyridine rings is 2. The van der Waals surface area contributed by atoms with Crippen LogP contribution in [0.1, 0.15) is 26.3 Å². The van der Waals surface area contributed by atoms with Gasteiger partial charge in [-0.05, 0) is 49.6 Å². The first-order valence-corrected chi connectivity index (χ1v) is 10.6. The van der Waals surface area contributed by atoms with E-state index in [4.69, 9.17) is 4.74 Å². The van der Waals surface area contributed by atoms with Crippen LogP contribution in [0.15, 0.2) is 53.5 Å². The van der Waals surface area contributed by atoms with Crippen molar-refractivity contribution in [1.29, 1.82) is 0 Å². The van der Waals surface area contributed by atoms with Crippen LogP contribution in [0.25, 0.3) is 22.2 Å². The van der Waals surface area contributed by atoms with Gasteiger partial charge in [0.1, 0.15) is 11.2 Å². The van der Waals surface area contributed by atoms with Gasteiger partial charge in [-0.15, -0.1) is 0 Å². The maximum absolute atomic E-state index is 12.0. The largest absolute Gasteiger partial charge is 0.443 e. The Hall–Kier alpha value is -3.24. The summed E-state index contributed by atoms with van der Waals surface area (Å²) in [5, 5.41) is 0.798. The van der Waals surface area contributed by atoms with Crippen LogP contribution in [0.3, 0.4) is 0 Å². The Morgan fingerprint density at radius 3 is 2.47 bits per heavy atom. The van der Waals surface area contributed by atoms with E-state index in [-0.39, 0.29) is 12.1 Å². The number of nitrogens with one attached hydrogen (secondary N) is 3. The van der Waals surface area contributed by atoms with Gasteiger partial charge in [-0.1, -0.05) is 24.3 Å². The number of aromatic nitrogens is 2. The number of nitrogens with zero attached hydrogens (tertiary/aromatic N) is 1. The van der Waals surface area contributed by atoms with E-state index in [1.807, 2.05) is 22.9 Å². The van der Waals surface area contributed by atoms with Gasteiger partial charge in [0.2, 0.25) is 5.56 Å². The Bertz CT molecular complexity index is 1230. The molecule has 0 saturated heterocycles. The molecular formula is C20H22N4O5S. The highest BCUT2D eigenvalue weighted by atomic mass is 32.2. The molecule has 0 aliphatic rings. The van der Waals surface area contributed by atoms with Gasteiger partial charge in [-0.2, -0.15) is 13.1 Å². The number of aromatic amines is 1. The molecule has 30 heavy (non-hydrogen) atoms. The highest BCUT2D eigenvalue weighted by molar-refractivity contribution is 7.88. The van der Waals surface area contributed by atoms with Gasteiger partial charge in [-0.3, -0.25) is 4.79 Å². The van der Waals surface area contributed by atoms with Gasteiger partial charge < -0.3 is 9.72 Å². The number of hydrogen-bond donors (Lipinski definition) is 3. The minimum absolute atomic E-state index is 0.0111. The fraction of sp³-hybridized carbons (Fsp3) is 0.250. The molecule has 9 nitrogen and oxygen atoms in total. The smallest absolute Gasteiger partial charge is 0.422 e. The van der Waals surface area contributed by atoms with Gasteiger partial charge in [0.05, 0.1) is 0 Å². The third-order valence-electron chi connectivity index (χ3n) is 3.98. The number of ether oxygens (including phenoxy) is 1. The van der Waals surface area contributed by atoms with Crippen LogP contribution >= 0.6 is 0 Å². The Morgan fingerprint density at radius 1 is 1.10 bits per heavy atom. The summed E-state index contributed by atoms with van der Waals surface area (Å²) < 4.78 is 33.0. The molecule has 0 aliphatic heterocycles. The lowest BCUT2D eigenvalue weighted by Crippen LogP contribution is -2.42. The van der Waals surface area contributed by atoms with E-state index in [9.17, 15) is 18.0 Å². The predicted molar refractivity (Wildman–Crippen MR) is 113 cm³/mol. The van der Waals surface area contributed by atoms with Crippen molar-refractivity contribution in [2.75, 3.05) is 0 Å². The monoisotopic (exact) mass is 430 g/mol. The molecule has 10 heteroatoms. The van der Waals surface area contributed by atoms with E-state index in [1.165, 1.54) is 6.07 Å². The lowest BCUT2D eigenvalue weighted by atomic mass is 10.0. The summed E-state index contributed by atoms with van der Waals surface area (Å²) in [7, 11) is -4.06. The average molecular weight is 430 g/mol. The number of rotatable bonds is 5. The van der Waals surface area contributed by atoms with Crippen molar-refractivity contribution >= 4 is 27.3 Å². The van der Waals surface area contributed by atoms with Crippen LogP contribution in [0.5, 0.6) is 0 Å². The van der Waals surface area contributed by atoms with Crippen molar-refractivity contribution < 1.29 is 17.9 Å². The van der Waals surface area contributed by atoms with Crippen LogP contribution in [-0.2, 0) is 21.5 Å². The Morgan fingerprint density at radius 2 is 1.80 bits per heavy atom. The number of carbonyl (C=O) groups excluding carboxylic acids is 1. The minimum atomic E-state index is -4.06. The lowest BCUT2D eigenvalue weighted by molar-refractivity contribution is 0.0569. The Kier molecular flexibility index (Phi) is 5.90. The summed E-state index contributed by atoms with van der Waals surface area (Å²) >= 11 is 0. The summed E-state index contributed by atoms with van der Waals surface area (Å²) in [5.74, 6) is 0. The number of benzene rings is 1. The Balaban J connectivity index is 1.70. The quantitative estimate of drug-likeness (QED) is 0.570. The molecule has 3 rings (SSSR count). The van der Waals surface area contributed by atoms with Gasteiger partial charge in [-0.25, -0.2) is 14.5 Å². The van der Waals surface area contributed by atoms with Crippen molar-refractivity contribution in [3.05, 3.63) is 64.6 Å². The maximum Gasteiger partial charge on any atom is 0.422 e. The molecule has 3 aromatic rings. The van der Waals surface area contributed by atoms with E-state index < -0.39 is 21.9 Å². The average Bonchev–Trinajstić information content (AvgIpc) is 2.64. The number of H-pyrrole nitrogens is 1. The van der Waals surface area contributed by atoms with E-state index in [1.54, 1.807) is 45.2 Å². The molecule has 0 fully saturated rings. The van der Waals surface area contributed by atoms with Crippen LogP contribution in [0, 0.1) is 0 Å². The summed E-state index contributed by atoms with van der Waals surface area (Å²) in [5.41, 5.74) is 1.92. The fourth-order valence-corrected chi connectivity index (χ4v) is 3.43. The van der Waals surface area contributed by atoms with Crippen molar-refractivity contribution in [1.82, 2.24) is 19.4 Å². The molecule has 3 N–H and O–H groups in total. The number of carbonyl (C=O) groups is 1. The van der Waals surface area contributed by atoms with E-state index >= 15 is 0 Å². The zero-order valence-electron chi connectivity index (χ0n) is 16.7. The van der Waals surface area contributed by atoms with Crippen molar-refractivity contribution in [2.24, 2.45) is 0 Å². The molecule has 2 heterocycles. The van der Waals surface area contributed by atoms with E-state index in [2.05, 4.69) is 14.7 Å². The van der Waals surface area contributed by atoms with Crippen molar-refractivity contribution in [3.8, 4) is 11.1 Å². The molecular weight excluding hydrogens is 408 g/mol. The molecule has 0 radical (unpaired) electrons. The summed E-state index contributed by atoms with van der Waals surface area (Å²) in [6.07, 6.45) is 0.561. The second-order valence-corrected chi connectivity index (χ2v) is 9.07. The molecule has 158 valence electrons. The second kappa shape index (κ2) is 8.25. The summed E-state index contributed by atoms with van der Waals surface area (Å²) in [4.78, 5) is 30.0. The molecule has 2 aromatic heterocycles. The second-order valence-electron chi connectivity index (χ2n) is 7.57. The normalized spacial score (nSPS) is 12.0. The van der Waals surface area contributed by atoms with Gasteiger partial charge in [0, 0.05) is 24.2 Å². The van der Waals surface area contributed by atoms with Gasteiger partial charge >= 0.3 is 16.3 Å². The molecule has 0 saturated carbocycles. The van der Waals surface area contributed by atoms with Crippen molar-refractivity contribution in [3.63, 3.8) is 0 Å². The standard InChI is InChI=1S/C20H22N4O5S/c1-20(2,3)29-19(26)24-30(27,28)22-12-13-4-6-14(7-5-13)15-10-11-21-18-16(15)8-9-17(25)23-18/h4-11,22H,12H2,1-3H3,(H,24,26)(H,21,23,25). The predicted octanol–water partition coefficient (Wildman–Crippen LogP) is 2.45. The Labute approximate surface area is 173 Å².